The lowest BCUT2D eigenvalue weighted by molar-refractivity contribution is 0.0686. The number of allylic oxidation sites excluding steroid dienone is 1. The molecule has 2 aliphatic rings. The van der Waals surface area contributed by atoms with E-state index in [1.54, 1.807) is 13.3 Å². The minimum absolute atomic E-state index is 0.0347. The number of carbonyl (C=O) groups is 1. The summed E-state index contributed by atoms with van der Waals surface area (Å²) in [6.07, 6.45) is 8.10. The van der Waals surface area contributed by atoms with E-state index in [1.165, 1.54) is 11.1 Å². The van der Waals surface area contributed by atoms with Crippen LogP contribution in [0, 0.1) is 6.92 Å². The summed E-state index contributed by atoms with van der Waals surface area (Å²) in [4.78, 5) is 19.1. The van der Waals surface area contributed by atoms with E-state index in [2.05, 4.69) is 41.4 Å². The van der Waals surface area contributed by atoms with Crippen LogP contribution in [0.5, 0.6) is 5.75 Å². The van der Waals surface area contributed by atoms with Crippen molar-refractivity contribution < 1.29 is 9.53 Å². The van der Waals surface area contributed by atoms with Crippen LogP contribution in [0.3, 0.4) is 0 Å². The number of hydrogen-bond acceptors (Lipinski definition) is 3. The highest BCUT2D eigenvalue weighted by molar-refractivity contribution is 5.97. The fourth-order valence-corrected chi connectivity index (χ4v) is 4.03. The number of methoxy groups -OCH3 is 1. The van der Waals surface area contributed by atoms with Crippen LogP contribution < -0.4 is 4.74 Å². The van der Waals surface area contributed by atoms with Crippen molar-refractivity contribution in [2.45, 2.75) is 25.2 Å². The van der Waals surface area contributed by atoms with E-state index in [4.69, 9.17) is 4.74 Å². The van der Waals surface area contributed by atoms with Crippen LogP contribution in [0.1, 0.15) is 40.0 Å². The average Bonchev–Trinajstić information content (AvgIpc) is 3.00. The molecule has 0 N–H and O–H groups in total. The van der Waals surface area contributed by atoms with E-state index < -0.39 is 0 Å². The number of ether oxygens (including phenoxy) is 1. The van der Waals surface area contributed by atoms with Gasteiger partial charge in [0.2, 0.25) is 0 Å². The summed E-state index contributed by atoms with van der Waals surface area (Å²) in [5, 5.41) is 0. The molecule has 4 nitrogen and oxygen atoms in total. The monoisotopic (exact) mass is 334 g/mol. The summed E-state index contributed by atoms with van der Waals surface area (Å²) >= 11 is 0. The first kappa shape index (κ1) is 15.9. The van der Waals surface area contributed by atoms with Crippen molar-refractivity contribution in [2.75, 3.05) is 20.2 Å². The van der Waals surface area contributed by atoms with Gasteiger partial charge in [0, 0.05) is 24.2 Å². The molecule has 1 saturated heterocycles. The van der Waals surface area contributed by atoms with Gasteiger partial charge in [0.05, 0.1) is 18.9 Å². The van der Waals surface area contributed by atoms with E-state index in [0.29, 0.717) is 11.3 Å². The molecule has 2 heterocycles. The van der Waals surface area contributed by atoms with E-state index in [1.807, 2.05) is 17.9 Å². The molecule has 1 aliphatic carbocycles. The van der Waals surface area contributed by atoms with Crippen molar-refractivity contribution in [3.63, 3.8) is 0 Å². The van der Waals surface area contributed by atoms with Gasteiger partial charge in [-0.25, -0.2) is 0 Å². The lowest BCUT2D eigenvalue weighted by Crippen LogP contribution is -2.44. The quantitative estimate of drug-likeness (QED) is 0.843. The third kappa shape index (κ3) is 2.62. The Morgan fingerprint density at radius 2 is 2.00 bits per heavy atom. The molecule has 1 spiro atoms. The second kappa shape index (κ2) is 6.03. The molecule has 128 valence electrons. The number of carbonyl (C=O) groups excluding carboxylic acids is 1. The maximum atomic E-state index is 13.0. The van der Waals surface area contributed by atoms with Crippen molar-refractivity contribution in [2.24, 2.45) is 0 Å². The van der Waals surface area contributed by atoms with Gasteiger partial charge in [0.25, 0.3) is 5.91 Å². The van der Waals surface area contributed by atoms with E-state index in [-0.39, 0.29) is 11.3 Å². The van der Waals surface area contributed by atoms with E-state index in [0.717, 1.165) is 31.6 Å². The minimum atomic E-state index is 0.0347. The van der Waals surface area contributed by atoms with Crippen LogP contribution >= 0.6 is 0 Å². The summed E-state index contributed by atoms with van der Waals surface area (Å²) in [6, 6.07) is 10.4. The first-order chi connectivity index (χ1) is 12.1. The van der Waals surface area contributed by atoms with E-state index >= 15 is 0 Å². The zero-order valence-electron chi connectivity index (χ0n) is 14.7. The maximum absolute atomic E-state index is 13.0. The van der Waals surface area contributed by atoms with Crippen LogP contribution in [-0.4, -0.2) is 36.0 Å². The molecule has 1 fully saturated rings. The van der Waals surface area contributed by atoms with Crippen molar-refractivity contribution >= 4 is 12.0 Å². The number of aryl methyl sites for hydroxylation is 1. The predicted molar refractivity (Wildman–Crippen MR) is 97.8 cm³/mol. The fourth-order valence-electron chi connectivity index (χ4n) is 4.03. The average molecular weight is 334 g/mol. The Labute approximate surface area is 148 Å². The number of fused-ring (bicyclic) bond motifs is 2. The molecule has 0 bridgehead atoms. The number of hydrogen-bond donors (Lipinski definition) is 0. The number of piperidine rings is 1. The first-order valence-electron chi connectivity index (χ1n) is 8.72. The van der Waals surface area contributed by atoms with Gasteiger partial charge in [0.15, 0.2) is 0 Å². The largest absolute Gasteiger partial charge is 0.494 e. The molecule has 1 aliphatic heterocycles. The molecular formula is C21H22N2O2. The molecule has 1 aromatic heterocycles. The molecule has 0 radical (unpaired) electrons. The summed E-state index contributed by atoms with van der Waals surface area (Å²) in [5.41, 5.74) is 4.23. The highest BCUT2D eigenvalue weighted by Crippen LogP contribution is 2.43. The molecular weight excluding hydrogens is 312 g/mol. The molecule has 1 aromatic carbocycles. The summed E-state index contributed by atoms with van der Waals surface area (Å²) in [7, 11) is 1.58. The van der Waals surface area contributed by atoms with Gasteiger partial charge >= 0.3 is 0 Å². The van der Waals surface area contributed by atoms with Crippen LogP contribution in [-0.2, 0) is 5.41 Å². The number of pyridine rings is 1. The number of amides is 1. The van der Waals surface area contributed by atoms with Gasteiger partial charge in [-0.3, -0.25) is 9.78 Å². The second-order valence-electron chi connectivity index (χ2n) is 6.89. The predicted octanol–water partition coefficient (Wildman–Crippen LogP) is 3.60. The number of likely N-dealkylation sites (tertiary alicyclic amines) is 1. The Morgan fingerprint density at radius 1 is 1.24 bits per heavy atom. The Kier molecular flexibility index (Phi) is 3.83. The molecule has 4 rings (SSSR count). The topological polar surface area (TPSA) is 42.4 Å². The number of benzene rings is 1. The minimum Gasteiger partial charge on any atom is -0.494 e. The molecule has 25 heavy (non-hydrogen) atoms. The van der Waals surface area contributed by atoms with Gasteiger partial charge in [-0.2, -0.15) is 0 Å². The van der Waals surface area contributed by atoms with Crippen molar-refractivity contribution in [3.05, 3.63) is 65.0 Å². The maximum Gasteiger partial charge on any atom is 0.257 e. The number of aromatic nitrogens is 1. The van der Waals surface area contributed by atoms with Crippen LogP contribution in [0.25, 0.3) is 6.08 Å². The van der Waals surface area contributed by atoms with Gasteiger partial charge in [0.1, 0.15) is 5.75 Å². The van der Waals surface area contributed by atoms with Gasteiger partial charge in [-0.15, -0.1) is 0 Å². The highest BCUT2D eigenvalue weighted by Gasteiger charge is 2.39. The molecule has 0 atom stereocenters. The Hall–Kier alpha value is -2.62. The standard InChI is InChI=1S/C21H22N2O2/c1-15-13-17(19(25-2)14-22-15)20(24)23-11-9-21(10-12-23)8-7-16-5-3-4-6-18(16)21/h3-8,13-14H,9-12H2,1-2H3. The smallest absolute Gasteiger partial charge is 0.257 e. The normalized spacial score (nSPS) is 17.6. The van der Waals surface area contributed by atoms with Crippen molar-refractivity contribution in [1.82, 2.24) is 9.88 Å². The van der Waals surface area contributed by atoms with Crippen LogP contribution in [0.2, 0.25) is 0 Å². The van der Waals surface area contributed by atoms with Gasteiger partial charge < -0.3 is 9.64 Å². The van der Waals surface area contributed by atoms with Gasteiger partial charge in [-0.05, 0) is 37.0 Å². The number of nitrogens with zero attached hydrogens (tertiary/aromatic N) is 2. The molecule has 0 saturated carbocycles. The molecule has 2 aromatic rings. The first-order valence-corrected chi connectivity index (χ1v) is 8.72. The zero-order valence-corrected chi connectivity index (χ0v) is 14.7. The summed E-state index contributed by atoms with van der Waals surface area (Å²) in [6.45, 7) is 3.39. The van der Waals surface area contributed by atoms with Crippen molar-refractivity contribution in [1.29, 1.82) is 0 Å². The zero-order chi connectivity index (χ0) is 17.4. The molecule has 4 heteroatoms. The summed E-state index contributed by atoms with van der Waals surface area (Å²) in [5.74, 6) is 0.578. The molecule has 0 unspecified atom stereocenters. The molecule has 1 amide bonds. The van der Waals surface area contributed by atoms with E-state index in [9.17, 15) is 4.79 Å². The second-order valence-corrected chi connectivity index (χ2v) is 6.89. The Morgan fingerprint density at radius 3 is 2.76 bits per heavy atom. The lowest BCUT2D eigenvalue weighted by Gasteiger charge is -2.39. The lowest BCUT2D eigenvalue weighted by atomic mass is 9.74. The third-order valence-corrected chi connectivity index (χ3v) is 5.48. The van der Waals surface area contributed by atoms with Crippen LogP contribution in [0.15, 0.2) is 42.6 Å². The Bertz CT molecular complexity index is 849. The highest BCUT2D eigenvalue weighted by atomic mass is 16.5. The Balaban J connectivity index is 1.54. The third-order valence-electron chi connectivity index (χ3n) is 5.48. The van der Waals surface area contributed by atoms with Gasteiger partial charge in [-0.1, -0.05) is 36.4 Å². The van der Waals surface area contributed by atoms with Crippen LogP contribution in [0.4, 0.5) is 0 Å². The SMILES string of the molecule is COc1cnc(C)cc1C(=O)N1CCC2(C=Cc3ccccc32)CC1. The van der Waals surface area contributed by atoms with Crippen molar-refractivity contribution in [3.8, 4) is 5.75 Å². The summed E-state index contributed by atoms with van der Waals surface area (Å²) < 4.78 is 5.33. The fraction of sp³-hybridized carbons (Fsp3) is 0.333. The number of rotatable bonds is 2.